The SMILES string of the molecule is COCC(C)NCC(=O)Nc1ccc(Cl)cc1. The molecule has 0 saturated heterocycles. The maximum atomic E-state index is 11.6. The van der Waals surface area contributed by atoms with Crippen LogP contribution in [0.15, 0.2) is 24.3 Å². The average molecular weight is 257 g/mol. The second-order valence-corrected chi connectivity index (χ2v) is 4.23. The van der Waals surface area contributed by atoms with Crippen molar-refractivity contribution in [3.05, 3.63) is 29.3 Å². The van der Waals surface area contributed by atoms with E-state index in [4.69, 9.17) is 16.3 Å². The number of anilines is 1. The zero-order valence-corrected chi connectivity index (χ0v) is 10.8. The van der Waals surface area contributed by atoms with Crippen molar-refractivity contribution in [1.29, 1.82) is 0 Å². The van der Waals surface area contributed by atoms with Crippen LogP contribution in [0.25, 0.3) is 0 Å². The van der Waals surface area contributed by atoms with E-state index in [-0.39, 0.29) is 18.5 Å². The highest BCUT2D eigenvalue weighted by Gasteiger charge is 2.05. The summed E-state index contributed by atoms with van der Waals surface area (Å²) in [6.45, 7) is 2.79. The van der Waals surface area contributed by atoms with Crippen LogP contribution >= 0.6 is 11.6 Å². The van der Waals surface area contributed by atoms with Crippen LogP contribution in [-0.4, -0.2) is 32.2 Å². The molecule has 1 unspecified atom stereocenters. The minimum Gasteiger partial charge on any atom is -0.383 e. The number of benzene rings is 1. The van der Waals surface area contributed by atoms with Crippen molar-refractivity contribution in [1.82, 2.24) is 5.32 Å². The molecular weight excluding hydrogens is 240 g/mol. The highest BCUT2D eigenvalue weighted by Crippen LogP contribution is 2.12. The largest absolute Gasteiger partial charge is 0.383 e. The van der Waals surface area contributed by atoms with E-state index in [1.165, 1.54) is 0 Å². The van der Waals surface area contributed by atoms with Gasteiger partial charge < -0.3 is 15.4 Å². The van der Waals surface area contributed by atoms with Gasteiger partial charge in [0.15, 0.2) is 0 Å². The third-order valence-corrected chi connectivity index (χ3v) is 2.41. The number of rotatable bonds is 6. The normalized spacial score (nSPS) is 12.2. The summed E-state index contributed by atoms with van der Waals surface area (Å²) < 4.78 is 4.96. The van der Waals surface area contributed by atoms with Crippen molar-refractivity contribution in [3.63, 3.8) is 0 Å². The molecule has 0 saturated carbocycles. The molecule has 4 nitrogen and oxygen atoms in total. The standard InChI is InChI=1S/C12H17ClN2O2/c1-9(8-17-2)14-7-12(16)15-11-5-3-10(13)4-6-11/h3-6,9,14H,7-8H2,1-2H3,(H,15,16). The highest BCUT2D eigenvalue weighted by atomic mass is 35.5. The minimum absolute atomic E-state index is 0.0877. The van der Waals surface area contributed by atoms with Crippen molar-refractivity contribution in [2.45, 2.75) is 13.0 Å². The molecule has 1 rings (SSSR count). The van der Waals surface area contributed by atoms with E-state index < -0.39 is 0 Å². The van der Waals surface area contributed by atoms with Crippen molar-refractivity contribution >= 4 is 23.2 Å². The molecule has 0 spiro atoms. The first-order valence-electron chi connectivity index (χ1n) is 5.39. The van der Waals surface area contributed by atoms with E-state index in [9.17, 15) is 4.79 Å². The zero-order valence-electron chi connectivity index (χ0n) is 10.00. The van der Waals surface area contributed by atoms with Gasteiger partial charge >= 0.3 is 0 Å². The van der Waals surface area contributed by atoms with E-state index in [1.54, 1.807) is 31.4 Å². The molecule has 0 aliphatic carbocycles. The van der Waals surface area contributed by atoms with Crippen molar-refractivity contribution in [2.75, 3.05) is 25.6 Å². The van der Waals surface area contributed by atoms with Crippen LogP contribution in [0, 0.1) is 0 Å². The molecule has 0 heterocycles. The van der Waals surface area contributed by atoms with E-state index in [0.29, 0.717) is 11.6 Å². The predicted molar refractivity (Wildman–Crippen MR) is 69.4 cm³/mol. The molecule has 1 aromatic rings. The predicted octanol–water partition coefficient (Wildman–Crippen LogP) is 1.90. The third-order valence-electron chi connectivity index (χ3n) is 2.16. The maximum Gasteiger partial charge on any atom is 0.238 e. The number of amides is 1. The summed E-state index contributed by atoms with van der Waals surface area (Å²) in [7, 11) is 1.63. The number of nitrogens with one attached hydrogen (secondary N) is 2. The summed E-state index contributed by atoms with van der Waals surface area (Å²) in [5.41, 5.74) is 0.737. The minimum atomic E-state index is -0.0877. The molecular formula is C12H17ClN2O2. The Morgan fingerprint density at radius 2 is 2.06 bits per heavy atom. The number of hydrogen-bond acceptors (Lipinski definition) is 3. The van der Waals surface area contributed by atoms with Crippen LogP contribution in [-0.2, 0) is 9.53 Å². The van der Waals surface area contributed by atoms with Crippen LogP contribution in [0.5, 0.6) is 0 Å². The first-order chi connectivity index (χ1) is 8.11. The van der Waals surface area contributed by atoms with Crippen LogP contribution in [0.1, 0.15) is 6.92 Å². The summed E-state index contributed by atoms with van der Waals surface area (Å²) in [4.78, 5) is 11.6. The molecule has 2 N–H and O–H groups in total. The van der Waals surface area contributed by atoms with Crippen molar-refractivity contribution < 1.29 is 9.53 Å². The second-order valence-electron chi connectivity index (χ2n) is 3.79. The van der Waals surface area contributed by atoms with E-state index in [2.05, 4.69) is 10.6 Å². The first-order valence-corrected chi connectivity index (χ1v) is 5.77. The monoisotopic (exact) mass is 256 g/mol. The zero-order chi connectivity index (χ0) is 12.7. The summed E-state index contributed by atoms with van der Waals surface area (Å²) in [5.74, 6) is -0.0877. The Labute approximate surface area is 106 Å². The molecule has 1 amide bonds. The molecule has 94 valence electrons. The summed E-state index contributed by atoms with van der Waals surface area (Å²) in [6.07, 6.45) is 0. The molecule has 17 heavy (non-hydrogen) atoms. The van der Waals surface area contributed by atoms with Gasteiger partial charge in [-0.2, -0.15) is 0 Å². The molecule has 5 heteroatoms. The van der Waals surface area contributed by atoms with Crippen LogP contribution < -0.4 is 10.6 Å². The number of hydrogen-bond donors (Lipinski definition) is 2. The highest BCUT2D eigenvalue weighted by molar-refractivity contribution is 6.30. The molecule has 0 aliphatic heterocycles. The lowest BCUT2D eigenvalue weighted by molar-refractivity contribution is -0.115. The molecule has 0 radical (unpaired) electrons. The van der Waals surface area contributed by atoms with Gasteiger partial charge in [0.2, 0.25) is 5.91 Å². The fraction of sp³-hybridized carbons (Fsp3) is 0.417. The van der Waals surface area contributed by atoms with Gasteiger partial charge in [-0.25, -0.2) is 0 Å². The van der Waals surface area contributed by atoms with Gasteiger partial charge in [-0.15, -0.1) is 0 Å². The lowest BCUT2D eigenvalue weighted by Crippen LogP contribution is -2.36. The van der Waals surface area contributed by atoms with Gasteiger partial charge in [0, 0.05) is 23.9 Å². The average Bonchev–Trinajstić information content (AvgIpc) is 2.30. The molecule has 0 bridgehead atoms. The number of ether oxygens (including phenoxy) is 1. The molecule has 0 fully saturated rings. The molecule has 1 aromatic carbocycles. The quantitative estimate of drug-likeness (QED) is 0.817. The van der Waals surface area contributed by atoms with Gasteiger partial charge in [-0.3, -0.25) is 4.79 Å². The van der Waals surface area contributed by atoms with E-state index in [1.807, 2.05) is 6.92 Å². The van der Waals surface area contributed by atoms with E-state index >= 15 is 0 Å². The Morgan fingerprint density at radius 3 is 2.65 bits per heavy atom. The van der Waals surface area contributed by atoms with Crippen LogP contribution in [0.4, 0.5) is 5.69 Å². The Kier molecular flexibility index (Phi) is 5.97. The van der Waals surface area contributed by atoms with Gasteiger partial charge in [0.1, 0.15) is 0 Å². The Morgan fingerprint density at radius 1 is 1.41 bits per heavy atom. The lowest BCUT2D eigenvalue weighted by Gasteiger charge is -2.12. The van der Waals surface area contributed by atoms with Crippen molar-refractivity contribution in [2.24, 2.45) is 0 Å². The number of carbonyl (C=O) groups excluding carboxylic acids is 1. The Hall–Kier alpha value is -1.10. The van der Waals surface area contributed by atoms with Gasteiger partial charge in [0.05, 0.1) is 13.2 Å². The summed E-state index contributed by atoms with van der Waals surface area (Å²) in [5, 5.41) is 6.47. The molecule has 0 aliphatic rings. The first kappa shape index (κ1) is 14.0. The van der Waals surface area contributed by atoms with Crippen molar-refractivity contribution in [3.8, 4) is 0 Å². The van der Waals surface area contributed by atoms with E-state index in [0.717, 1.165) is 5.69 Å². The number of carbonyl (C=O) groups is 1. The van der Waals surface area contributed by atoms with Gasteiger partial charge in [-0.1, -0.05) is 11.6 Å². The van der Waals surface area contributed by atoms with Crippen LogP contribution in [0.3, 0.4) is 0 Å². The van der Waals surface area contributed by atoms with Gasteiger partial charge in [-0.05, 0) is 31.2 Å². The number of halogens is 1. The third kappa shape index (κ3) is 5.68. The van der Waals surface area contributed by atoms with Gasteiger partial charge in [0.25, 0.3) is 0 Å². The fourth-order valence-electron chi connectivity index (χ4n) is 1.31. The molecule has 0 aromatic heterocycles. The second kappa shape index (κ2) is 7.27. The maximum absolute atomic E-state index is 11.6. The topological polar surface area (TPSA) is 50.4 Å². The van der Waals surface area contributed by atoms with Crippen LogP contribution in [0.2, 0.25) is 5.02 Å². The molecule has 1 atom stereocenters. The number of methoxy groups -OCH3 is 1. The Balaban J connectivity index is 2.32. The smallest absolute Gasteiger partial charge is 0.238 e. The Bertz CT molecular complexity index is 354. The summed E-state index contributed by atoms with van der Waals surface area (Å²) in [6, 6.07) is 7.14. The lowest BCUT2D eigenvalue weighted by atomic mass is 10.3. The summed E-state index contributed by atoms with van der Waals surface area (Å²) >= 11 is 5.75. The fourth-order valence-corrected chi connectivity index (χ4v) is 1.44.